The molecule has 138 valence electrons. The van der Waals surface area contributed by atoms with E-state index in [1.54, 1.807) is 12.1 Å². The second-order valence-electron chi connectivity index (χ2n) is 6.89. The third-order valence-electron chi connectivity index (χ3n) is 5.07. The number of amides is 1. The Kier molecular flexibility index (Phi) is 5.94. The molecular formula is C18H26N2O3S2. The lowest BCUT2D eigenvalue weighted by Gasteiger charge is -2.35. The van der Waals surface area contributed by atoms with Crippen LogP contribution in [0.4, 0.5) is 5.69 Å². The molecule has 7 heteroatoms. The summed E-state index contributed by atoms with van der Waals surface area (Å²) in [4.78, 5) is 17.1. The van der Waals surface area contributed by atoms with Crippen LogP contribution in [0.25, 0.3) is 0 Å². The van der Waals surface area contributed by atoms with E-state index in [0.29, 0.717) is 23.1 Å². The van der Waals surface area contributed by atoms with Crippen molar-refractivity contribution in [2.75, 3.05) is 48.8 Å². The maximum atomic E-state index is 12.4. The summed E-state index contributed by atoms with van der Waals surface area (Å²) in [6.07, 6.45) is 3.93. The lowest BCUT2D eigenvalue weighted by Crippen LogP contribution is -2.40. The van der Waals surface area contributed by atoms with Gasteiger partial charge in [0, 0.05) is 56.0 Å². The van der Waals surface area contributed by atoms with Crippen LogP contribution in [0.1, 0.15) is 19.3 Å². The highest BCUT2D eigenvalue weighted by Gasteiger charge is 2.25. The van der Waals surface area contributed by atoms with Crippen molar-refractivity contribution in [2.24, 2.45) is 5.92 Å². The highest BCUT2D eigenvalue weighted by molar-refractivity contribution is 7.99. The number of piperidine rings is 1. The lowest BCUT2D eigenvalue weighted by atomic mass is 9.92. The highest BCUT2D eigenvalue weighted by Crippen LogP contribution is 2.27. The summed E-state index contributed by atoms with van der Waals surface area (Å²) in [6.45, 7) is 3.64. The van der Waals surface area contributed by atoms with Gasteiger partial charge in [0.2, 0.25) is 5.91 Å². The van der Waals surface area contributed by atoms with Gasteiger partial charge in [0.05, 0.1) is 4.90 Å². The molecule has 0 bridgehead atoms. The topological polar surface area (TPSA) is 57.7 Å². The first-order valence-electron chi connectivity index (χ1n) is 8.84. The molecule has 2 aliphatic heterocycles. The normalized spacial score (nSPS) is 19.9. The van der Waals surface area contributed by atoms with Crippen LogP contribution in [0.3, 0.4) is 0 Å². The Hall–Kier alpha value is -1.21. The minimum Gasteiger partial charge on any atom is -0.372 e. The van der Waals surface area contributed by atoms with Gasteiger partial charge in [-0.3, -0.25) is 4.79 Å². The predicted octanol–water partition coefficient (Wildman–Crippen LogP) is 2.27. The van der Waals surface area contributed by atoms with Gasteiger partial charge in [-0.2, -0.15) is 11.8 Å². The molecule has 0 N–H and O–H groups in total. The summed E-state index contributed by atoms with van der Waals surface area (Å²) in [5.41, 5.74) is 1.06. The van der Waals surface area contributed by atoms with E-state index >= 15 is 0 Å². The van der Waals surface area contributed by atoms with Crippen molar-refractivity contribution >= 4 is 33.2 Å². The maximum absolute atomic E-state index is 12.4. The van der Waals surface area contributed by atoms with Crippen LogP contribution in [0.2, 0.25) is 0 Å². The first kappa shape index (κ1) is 18.6. The van der Waals surface area contributed by atoms with Gasteiger partial charge in [-0.1, -0.05) is 0 Å². The fourth-order valence-corrected chi connectivity index (χ4v) is 5.02. The SMILES string of the molecule is CS(=O)(=O)c1ccc(N2CCC(CC(=O)N3CCSCC3)CC2)cc1. The molecule has 3 rings (SSSR count). The van der Waals surface area contributed by atoms with Crippen LogP contribution in [0.15, 0.2) is 29.2 Å². The summed E-state index contributed by atoms with van der Waals surface area (Å²) in [6, 6.07) is 7.11. The molecule has 2 saturated heterocycles. The average Bonchev–Trinajstić information content (AvgIpc) is 2.62. The summed E-state index contributed by atoms with van der Waals surface area (Å²) >= 11 is 1.92. The summed E-state index contributed by atoms with van der Waals surface area (Å²) in [7, 11) is -3.15. The monoisotopic (exact) mass is 382 g/mol. The molecule has 25 heavy (non-hydrogen) atoms. The zero-order chi connectivity index (χ0) is 17.9. The summed E-state index contributed by atoms with van der Waals surface area (Å²) < 4.78 is 23.1. The van der Waals surface area contributed by atoms with Crippen molar-refractivity contribution in [1.29, 1.82) is 0 Å². The van der Waals surface area contributed by atoms with Gasteiger partial charge in [0.15, 0.2) is 9.84 Å². The largest absolute Gasteiger partial charge is 0.372 e. The van der Waals surface area contributed by atoms with E-state index in [2.05, 4.69) is 4.90 Å². The van der Waals surface area contributed by atoms with E-state index in [1.807, 2.05) is 28.8 Å². The molecule has 2 aliphatic rings. The van der Waals surface area contributed by atoms with Crippen LogP contribution < -0.4 is 4.90 Å². The smallest absolute Gasteiger partial charge is 0.222 e. The fourth-order valence-electron chi connectivity index (χ4n) is 3.49. The molecule has 0 unspecified atom stereocenters. The van der Waals surface area contributed by atoms with Crippen molar-refractivity contribution in [2.45, 2.75) is 24.2 Å². The zero-order valence-corrected chi connectivity index (χ0v) is 16.3. The second-order valence-corrected chi connectivity index (χ2v) is 10.1. The Bertz CT molecular complexity index is 690. The number of thioether (sulfide) groups is 1. The second kappa shape index (κ2) is 7.99. The molecule has 0 atom stereocenters. The van der Waals surface area contributed by atoms with Crippen LogP contribution >= 0.6 is 11.8 Å². The van der Waals surface area contributed by atoms with Crippen LogP contribution in [0.5, 0.6) is 0 Å². The van der Waals surface area contributed by atoms with E-state index in [4.69, 9.17) is 0 Å². The molecule has 2 heterocycles. The standard InChI is InChI=1S/C18H26N2O3S2/c1-25(22,23)17-4-2-16(3-5-17)19-8-6-15(7-9-19)14-18(21)20-10-12-24-13-11-20/h2-5,15H,6-14H2,1H3. The molecule has 0 spiro atoms. The Morgan fingerprint density at radius 3 is 2.24 bits per heavy atom. The van der Waals surface area contributed by atoms with Gasteiger partial charge in [0.25, 0.3) is 0 Å². The van der Waals surface area contributed by atoms with Crippen molar-refractivity contribution in [1.82, 2.24) is 4.90 Å². The third-order valence-corrected chi connectivity index (χ3v) is 7.14. The van der Waals surface area contributed by atoms with Crippen LogP contribution in [0, 0.1) is 5.92 Å². The van der Waals surface area contributed by atoms with Crippen molar-refractivity contribution in [3.63, 3.8) is 0 Å². The Morgan fingerprint density at radius 2 is 1.68 bits per heavy atom. The minimum atomic E-state index is -3.15. The summed E-state index contributed by atoms with van der Waals surface area (Å²) in [5, 5.41) is 0. The van der Waals surface area contributed by atoms with E-state index in [-0.39, 0.29) is 0 Å². The number of carbonyl (C=O) groups is 1. The van der Waals surface area contributed by atoms with E-state index in [1.165, 1.54) is 6.26 Å². The Morgan fingerprint density at radius 1 is 1.08 bits per heavy atom. The van der Waals surface area contributed by atoms with Crippen molar-refractivity contribution in [3.8, 4) is 0 Å². The number of carbonyl (C=O) groups excluding carboxylic acids is 1. The molecule has 0 saturated carbocycles. The van der Waals surface area contributed by atoms with E-state index in [0.717, 1.165) is 56.2 Å². The van der Waals surface area contributed by atoms with Gasteiger partial charge >= 0.3 is 0 Å². The fraction of sp³-hybridized carbons (Fsp3) is 0.611. The number of nitrogens with zero attached hydrogens (tertiary/aromatic N) is 2. The zero-order valence-electron chi connectivity index (χ0n) is 14.7. The third kappa shape index (κ3) is 4.91. The number of hydrogen-bond donors (Lipinski definition) is 0. The van der Waals surface area contributed by atoms with Gasteiger partial charge in [0.1, 0.15) is 0 Å². The summed E-state index contributed by atoms with van der Waals surface area (Å²) in [5.74, 6) is 2.91. The van der Waals surface area contributed by atoms with Crippen LogP contribution in [-0.2, 0) is 14.6 Å². The molecule has 1 aromatic rings. The molecule has 1 amide bonds. The molecule has 5 nitrogen and oxygen atoms in total. The highest BCUT2D eigenvalue weighted by atomic mass is 32.2. The molecule has 0 radical (unpaired) electrons. The Labute approximate surface area is 154 Å². The number of sulfone groups is 1. The molecular weight excluding hydrogens is 356 g/mol. The number of rotatable bonds is 4. The van der Waals surface area contributed by atoms with Gasteiger partial charge in [-0.15, -0.1) is 0 Å². The molecule has 1 aromatic carbocycles. The predicted molar refractivity (Wildman–Crippen MR) is 103 cm³/mol. The van der Waals surface area contributed by atoms with E-state index < -0.39 is 9.84 Å². The first-order chi connectivity index (χ1) is 11.9. The number of hydrogen-bond acceptors (Lipinski definition) is 5. The lowest BCUT2D eigenvalue weighted by molar-refractivity contribution is -0.132. The van der Waals surface area contributed by atoms with Gasteiger partial charge in [-0.05, 0) is 43.0 Å². The Balaban J connectivity index is 1.50. The van der Waals surface area contributed by atoms with Crippen LogP contribution in [-0.4, -0.2) is 63.2 Å². The number of anilines is 1. The van der Waals surface area contributed by atoms with Gasteiger partial charge < -0.3 is 9.80 Å². The number of benzene rings is 1. The van der Waals surface area contributed by atoms with Gasteiger partial charge in [-0.25, -0.2) is 8.42 Å². The minimum absolute atomic E-state index is 0.316. The molecule has 2 fully saturated rings. The van der Waals surface area contributed by atoms with E-state index in [9.17, 15) is 13.2 Å². The molecule has 0 aromatic heterocycles. The van der Waals surface area contributed by atoms with Crippen molar-refractivity contribution in [3.05, 3.63) is 24.3 Å². The average molecular weight is 383 g/mol. The van der Waals surface area contributed by atoms with Crippen molar-refractivity contribution < 1.29 is 13.2 Å². The first-order valence-corrected chi connectivity index (χ1v) is 11.9. The quantitative estimate of drug-likeness (QED) is 0.800. The maximum Gasteiger partial charge on any atom is 0.222 e. The molecule has 0 aliphatic carbocycles.